The second kappa shape index (κ2) is 3.13. The summed E-state index contributed by atoms with van der Waals surface area (Å²) in [6.07, 6.45) is 0. The van der Waals surface area contributed by atoms with Crippen molar-refractivity contribution in [2.45, 2.75) is 12.5 Å². The molecule has 0 saturated carbocycles. The van der Waals surface area contributed by atoms with Crippen molar-refractivity contribution >= 4 is 5.97 Å². The van der Waals surface area contributed by atoms with Gasteiger partial charge in [0.2, 0.25) is 6.79 Å². The van der Waals surface area contributed by atoms with Gasteiger partial charge in [-0.2, -0.15) is 0 Å². The molecule has 1 unspecified atom stereocenters. The largest absolute Gasteiger partial charge is 0.480 e. The molecule has 0 aliphatic carbocycles. The van der Waals surface area contributed by atoms with Crippen LogP contribution in [0.3, 0.4) is 0 Å². The van der Waals surface area contributed by atoms with E-state index in [4.69, 9.17) is 20.3 Å². The van der Waals surface area contributed by atoms with E-state index in [0.717, 1.165) is 0 Å². The molecule has 15 heavy (non-hydrogen) atoms. The minimum atomic E-state index is -1.42. The van der Waals surface area contributed by atoms with E-state index in [9.17, 15) is 4.79 Å². The molecule has 1 aliphatic rings. The summed E-state index contributed by atoms with van der Waals surface area (Å²) in [7, 11) is 0. The summed E-state index contributed by atoms with van der Waals surface area (Å²) in [5.41, 5.74) is 4.75. The predicted molar refractivity (Wildman–Crippen MR) is 51.7 cm³/mol. The van der Waals surface area contributed by atoms with E-state index in [1.54, 1.807) is 18.2 Å². The number of carbonyl (C=O) groups is 1. The number of fused-ring (bicyclic) bond motifs is 1. The molecule has 0 bridgehead atoms. The van der Waals surface area contributed by atoms with Crippen LogP contribution in [0, 0.1) is 0 Å². The molecule has 5 heteroatoms. The van der Waals surface area contributed by atoms with Gasteiger partial charge in [-0.15, -0.1) is 0 Å². The van der Waals surface area contributed by atoms with Crippen LogP contribution in [0.5, 0.6) is 11.5 Å². The van der Waals surface area contributed by atoms with Crippen LogP contribution in [0.1, 0.15) is 12.5 Å². The van der Waals surface area contributed by atoms with Gasteiger partial charge in [-0.05, 0) is 24.6 Å². The number of nitrogens with two attached hydrogens (primary N) is 1. The molecule has 0 radical (unpaired) electrons. The number of hydrogen-bond acceptors (Lipinski definition) is 4. The summed E-state index contributed by atoms with van der Waals surface area (Å²) in [5, 5.41) is 8.95. The lowest BCUT2D eigenvalue weighted by atomic mass is 9.93. The van der Waals surface area contributed by atoms with Gasteiger partial charge in [0.05, 0.1) is 0 Å². The van der Waals surface area contributed by atoms with Crippen LogP contribution < -0.4 is 15.2 Å². The van der Waals surface area contributed by atoms with E-state index >= 15 is 0 Å². The van der Waals surface area contributed by atoms with Crippen molar-refractivity contribution in [2.24, 2.45) is 5.73 Å². The van der Waals surface area contributed by atoms with E-state index in [1.807, 2.05) is 0 Å². The maximum atomic E-state index is 10.9. The molecule has 0 saturated heterocycles. The Bertz CT molecular complexity index is 414. The Hall–Kier alpha value is -1.75. The smallest absolute Gasteiger partial charge is 0.328 e. The van der Waals surface area contributed by atoms with E-state index in [-0.39, 0.29) is 6.79 Å². The zero-order chi connectivity index (χ0) is 11.1. The molecule has 1 heterocycles. The molecular weight excluding hydrogens is 198 g/mol. The van der Waals surface area contributed by atoms with Gasteiger partial charge in [0.15, 0.2) is 11.5 Å². The highest BCUT2D eigenvalue weighted by Gasteiger charge is 2.31. The molecule has 0 amide bonds. The first kappa shape index (κ1) is 9.79. The fourth-order valence-electron chi connectivity index (χ4n) is 1.34. The maximum Gasteiger partial charge on any atom is 0.328 e. The van der Waals surface area contributed by atoms with E-state index in [2.05, 4.69) is 0 Å². The monoisotopic (exact) mass is 209 g/mol. The standard InChI is InChI=1S/C10H11NO4/c1-10(11,9(12)13)6-2-3-7-8(4-6)15-5-14-7/h2-4H,5,11H2,1H3,(H,12,13). The highest BCUT2D eigenvalue weighted by Crippen LogP contribution is 2.35. The SMILES string of the molecule is CC(N)(C(=O)O)c1ccc2c(c1)OCO2. The van der Waals surface area contributed by atoms with E-state index in [1.165, 1.54) is 6.92 Å². The lowest BCUT2D eigenvalue weighted by Crippen LogP contribution is -2.41. The topological polar surface area (TPSA) is 81.8 Å². The van der Waals surface area contributed by atoms with Crippen LogP contribution in [0.2, 0.25) is 0 Å². The van der Waals surface area contributed by atoms with E-state index in [0.29, 0.717) is 17.1 Å². The summed E-state index contributed by atoms with van der Waals surface area (Å²) in [4.78, 5) is 10.9. The van der Waals surface area contributed by atoms with Crippen LogP contribution in [-0.2, 0) is 10.3 Å². The summed E-state index contributed by atoms with van der Waals surface area (Å²) in [5.74, 6) is 0.0618. The highest BCUT2D eigenvalue weighted by molar-refractivity contribution is 5.80. The second-order valence-corrected chi connectivity index (χ2v) is 3.58. The Morgan fingerprint density at radius 2 is 2.13 bits per heavy atom. The number of rotatable bonds is 2. The van der Waals surface area contributed by atoms with Crippen molar-refractivity contribution in [1.29, 1.82) is 0 Å². The number of carboxylic acid groups (broad SMARTS) is 1. The van der Waals surface area contributed by atoms with Crippen molar-refractivity contribution in [2.75, 3.05) is 6.79 Å². The number of ether oxygens (including phenoxy) is 2. The average Bonchev–Trinajstić information content (AvgIpc) is 2.63. The van der Waals surface area contributed by atoms with Gasteiger partial charge >= 0.3 is 5.97 Å². The molecule has 5 nitrogen and oxygen atoms in total. The first-order chi connectivity index (χ1) is 7.01. The number of benzene rings is 1. The summed E-state index contributed by atoms with van der Waals surface area (Å²) in [6, 6.07) is 4.88. The summed E-state index contributed by atoms with van der Waals surface area (Å²) in [6.45, 7) is 1.60. The third-order valence-corrected chi connectivity index (χ3v) is 2.42. The molecule has 0 aromatic heterocycles. The molecular formula is C10H11NO4. The molecule has 3 N–H and O–H groups in total. The zero-order valence-electron chi connectivity index (χ0n) is 8.19. The van der Waals surface area contributed by atoms with Gasteiger partial charge in [-0.3, -0.25) is 0 Å². The number of aliphatic carboxylic acids is 1. The van der Waals surface area contributed by atoms with E-state index < -0.39 is 11.5 Å². The minimum Gasteiger partial charge on any atom is -0.480 e. The maximum absolute atomic E-state index is 10.9. The molecule has 0 spiro atoms. The molecule has 1 aromatic rings. The van der Waals surface area contributed by atoms with Crippen molar-refractivity contribution in [3.63, 3.8) is 0 Å². The Balaban J connectivity index is 2.42. The van der Waals surface area contributed by atoms with Crippen molar-refractivity contribution in [3.05, 3.63) is 23.8 Å². The molecule has 80 valence electrons. The molecule has 1 aromatic carbocycles. The predicted octanol–water partition coefficient (Wildman–Crippen LogP) is 0.674. The lowest BCUT2D eigenvalue weighted by molar-refractivity contribution is -0.143. The van der Waals surface area contributed by atoms with Gasteiger partial charge < -0.3 is 20.3 Å². The van der Waals surface area contributed by atoms with Crippen LogP contribution in [0.4, 0.5) is 0 Å². The lowest BCUT2D eigenvalue weighted by Gasteiger charge is -2.19. The van der Waals surface area contributed by atoms with Crippen molar-refractivity contribution < 1.29 is 19.4 Å². The first-order valence-corrected chi connectivity index (χ1v) is 4.44. The Morgan fingerprint density at radius 3 is 2.80 bits per heavy atom. The van der Waals surface area contributed by atoms with Gasteiger partial charge in [0, 0.05) is 0 Å². The van der Waals surface area contributed by atoms with Crippen LogP contribution in [-0.4, -0.2) is 17.9 Å². The van der Waals surface area contributed by atoms with Gasteiger partial charge in [0.1, 0.15) is 5.54 Å². The summed E-state index contributed by atoms with van der Waals surface area (Å²) >= 11 is 0. The fourth-order valence-corrected chi connectivity index (χ4v) is 1.34. The van der Waals surface area contributed by atoms with Crippen LogP contribution >= 0.6 is 0 Å². The van der Waals surface area contributed by atoms with Crippen LogP contribution in [0.15, 0.2) is 18.2 Å². The number of carboxylic acids is 1. The van der Waals surface area contributed by atoms with Gasteiger partial charge in [-0.1, -0.05) is 6.07 Å². The molecule has 1 aliphatic heterocycles. The van der Waals surface area contributed by atoms with Crippen LogP contribution in [0.25, 0.3) is 0 Å². The average molecular weight is 209 g/mol. The number of hydrogen-bond donors (Lipinski definition) is 2. The van der Waals surface area contributed by atoms with Crippen molar-refractivity contribution in [3.8, 4) is 11.5 Å². The molecule has 2 rings (SSSR count). The second-order valence-electron chi connectivity index (χ2n) is 3.58. The van der Waals surface area contributed by atoms with Crippen molar-refractivity contribution in [1.82, 2.24) is 0 Å². The van der Waals surface area contributed by atoms with Gasteiger partial charge in [-0.25, -0.2) is 4.79 Å². The normalized spacial score (nSPS) is 17.2. The minimum absolute atomic E-state index is 0.160. The quantitative estimate of drug-likeness (QED) is 0.748. The van der Waals surface area contributed by atoms with Gasteiger partial charge in [0.25, 0.3) is 0 Å². The molecule has 1 atom stereocenters. The zero-order valence-corrected chi connectivity index (χ0v) is 8.19. The first-order valence-electron chi connectivity index (χ1n) is 4.44. The molecule has 0 fully saturated rings. The summed E-state index contributed by atoms with van der Waals surface area (Å²) < 4.78 is 10.3. The Labute approximate surface area is 86.4 Å². The highest BCUT2D eigenvalue weighted by atomic mass is 16.7. The fraction of sp³-hybridized carbons (Fsp3) is 0.300. The Kier molecular flexibility index (Phi) is 2.04. The third kappa shape index (κ3) is 1.50. The third-order valence-electron chi connectivity index (χ3n) is 2.42. The Morgan fingerprint density at radius 1 is 1.47 bits per heavy atom.